The lowest BCUT2D eigenvalue weighted by Crippen LogP contribution is -2.11. The minimum atomic E-state index is -0.375. The fourth-order valence-electron chi connectivity index (χ4n) is 3.78. The molecular formula is C28H34O4S2. The molecule has 0 radical (unpaired) electrons. The molecule has 182 valence electrons. The van der Waals surface area contributed by atoms with Crippen molar-refractivity contribution in [3.05, 3.63) is 57.3 Å². The molecule has 34 heavy (non-hydrogen) atoms. The van der Waals surface area contributed by atoms with E-state index in [0.717, 1.165) is 59.4 Å². The van der Waals surface area contributed by atoms with Crippen molar-refractivity contribution >= 4 is 34.6 Å². The minimum Gasteiger partial charge on any atom is -0.462 e. The Morgan fingerprint density at radius 2 is 1.09 bits per heavy atom. The van der Waals surface area contributed by atoms with Gasteiger partial charge in [-0.05, 0) is 75.9 Å². The smallest absolute Gasteiger partial charge is 0.338 e. The third-order valence-electron chi connectivity index (χ3n) is 5.56. The molecule has 2 heterocycles. The third kappa shape index (κ3) is 6.36. The first-order valence-corrected chi connectivity index (χ1v) is 13.9. The summed E-state index contributed by atoms with van der Waals surface area (Å²) in [4.78, 5) is 30.5. The molecule has 1 aromatic carbocycles. The number of ether oxygens (including phenoxy) is 2. The normalized spacial score (nSPS) is 10.9. The summed E-state index contributed by atoms with van der Waals surface area (Å²) < 4.78 is 10.8. The molecule has 0 aliphatic rings. The van der Waals surface area contributed by atoms with Crippen LogP contribution in [-0.2, 0) is 22.3 Å². The first-order chi connectivity index (χ1) is 16.5. The second kappa shape index (κ2) is 12.9. The van der Waals surface area contributed by atoms with E-state index in [1.54, 1.807) is 36.5 Å². The summed E-state index contributed by atoms with van der Waals surface area (Å²) in [5, 5.41) is 0. The summed E-state index contributed by atoms with van der Waals surface area (Å²) in [5.41, 5.74) is 2.41. The van der Waals surface area contributed by atoms with Gasteiger partial charge in [0.05, 0.1) is 24.3 Å². The molecular weight excluding hydrogens is 464 g/mol. The van der Waals surface area contributed by atoms with E-state index in [0.29, 0.717) is 24.3 Å². The molecule has 6 heteroatoms. The molecule has 3 aromatic rings. The quantitative estimate of drug-likeness (QED) is 0.236. The van der Waals surface area contributed by atoms with Crippen LogP contribution in [0.2, 0.25) is 0 Å². The van der Waals surface area contributed by atoms with E-state index in [4.69, 9.17) is 9.47 Å². The van der Waals surface area contributed by atoms with Gasteiger partial charge in [-0.15, -0.1) is 22.7 Å². The highest BCUT2D eigenvalue weighted by Gasteiger charge is 2.24. The van der Waals surface area contributed by atoms with E-state index in [9.17, 15) is 9.59 Å². The summed E-state index contributed by atoms with van der Waals surface area (Å²) >= 11 is 3.33. The summed E-state index contributed by atoms with van der Waals surface area (Å²) in [6.45, 7) is 8.54. The van der Waals surface area contributed by atoms with Gasteiger partial charge in [-0.2, -0.15) is 0 Å². The molecule has 0 aliphatic carbocycles. The lowest BCUT2D eigenvalue weighted by molar-refractivity contribution is 0.0513. The Labute approximate surface area is 210 Å². The van der Waals surface area contributed by atoms with Gasteiger partial charge in [0.25, 0.3) is 0 Å². The van der Waals surface area contributed by atoms with Crippen molar-refractivity contribution in [2.75, 3.05) is 13.2 Å². The Kier molecular flexibility index (Phi) is 9.90. The standard InChI is InChI=1S/C28H34O4S2/c1-5-9-11-19-13-15-25(33-19)21-17-24(28(30)32-8-4)22(18-23(21)27(29)31-7-3)26-16-14-20(34-26)12-10-6-2/h13-18H,5-12H2,1-4H3. The predicted octanol–water partition coefficient (Wildman–Crippen LogP) is 8.18. The monoisotopic (exact) mass is 498 g/mol. The highest BCUT2D eigenvalue weighted by molar-refractivity contribution is 7.16. The van der Waals surface area contributed by atoms with Crippen LogP contribution in [0.15, 0.2) is 36.4 Å². The molecule has 3 rings (SSSR count). The van der Waals surface area contributed by atoms with Crippen molar-refractivity contribution in [1.29, 1.82) is 0 Å². The van der Waals surface area contributed by atoms with Crippen molar-refractivity contribution < 1.29 is 19.1 Å². The number of benzene rings is 1. The van der Waals surface area contributed by atoms with Crippen molar-refractivity contribution in [3.63, 3.8) is 0 Å². The molecule has 0 unspecified atom stereocenters. The van der Waals surface area contributed by atoms with E-state index >= 15 is 0 Å². The number of esters is 2. The summed E-state index contributed by atoms with van der Waals surface area (Å²) in [6, 6.07) is 11.9. The summed E-state index contributed by atoms with van der Waals surface area (Å²) in [5.74, 6) is -0.749. The number of hydrogen-bond acceptors (Lipinski definition) is 6. The highest BCUT2D eigenvalue weighted by atomic mass is 32.1. The molecule has 0 amide bonds. The van der Waals surface area contributed by atoms with Crippen LogP contribution in [0.1, 0.15) is 83.8 Å². The van der Waals surface area contributed by atoms with Gasteiger partial charge in [-0.1, -0.05) is 26.7 Å². The van der Waals surface area contributed by atoms with Crippen molar-refractivity contribution in [1.82, 2.24) is 0 Å². The Morgan fingerprint density at radius 3 is 1.44 bits per heavy atom. The van der Waals surface area contributed by atoms with Gasteiger partial charge in [0.15, 0.2) is 0 Å². The van der Waals surface area contributed by atoms with Crippen LogP contribution in [0.3, 0.4) is 0 Å². The van der Waals surface area contributed by atoms with Crippen molar-refractivity contribution in [3.8, 4) is 20.9 Å². The summed E-state index contributed by atoms with van der Waals surface area (Å²) in [7, 11) is 0. The van der Waals surface area contributed by atoms with Crippen LogP contribution >= 0.6 is 22.7 Å². The molecule has 0 saturated carbocycles. The summed E-state index contributed by atoms with van der Waals surface area (Å²) in [6.07, 6.45) is 6.52. The van der Waals surface area contributed by atoms with Crippen LogP contribution in [0.4, 0.5) is 0 Å². The fraction of sp³-hybridized carbons (Fsp3) is 0.429. The average Bonchev–Trinajstić information content (AvgIpc) is 3.50. The number of carbonyl (C=O) groups is 2. The maximum absolute atomic E-state index is 13.0. The van der Waals surface area contributed by atoms with E-state index in [1.807, 2.05) is 24.3 Å². The molecule has 0 aliphatic heterocycles. The van der Waals surface area contributed by atoms with Crippen LogP contribution in [0.5, 0.6) is 0 Å². The van der Waals surface area contributed by atoms with Gasteiger partial charge in [-0.3, -0.25) is 0 Å². The Hall–Kier alpha value is -2.44. The number of unbranched alkanes of at least 4 members (excludes halogenated alkanes) is 2. The third-order valence-corrected chi connectivity index (χ3v) is 7.91. The van der Waals surface area contributed by atoms with Crippen LogP contribution in [-0.4, -0.2) is 25.2 Å². The van der Waals surface area contributed by atoms with Crippen LogP contribution < -0.4 is 0 Å². The predicted molar refractivity (Wildman–Crippen MR) is 142 cm³/mol. The average molecular weight is 499 g/mol. The Balaban J connectivity index is 2.15. The SMILES string of the molecule is CCCCc1ccc(-c2cc(C(=O)OCC)c(-c3ccc(CCCC)s3)cc2C(=O)OCC)s1. The molecule has 2 aromatic heterocycles. The largest absolute Gasteiger partial charge is 0.462 e. The minimum absolute atomic E-state index is 0.291. The topological polar surface area (TPSA) is 52.6 Å². The maximum Gasteiger partial charge on any atom is 0.338 e. The van der Waals surface area contributed by atoms with E-state index in [2.05, 4.69) is 26.0 Å². The molecule has 4 nitrogen and oxygen atoms in total. The van der Waals surface area contributed by atoms with Gasteiger partial charge in [0.2, 0.25) is 0 Å². The van der Waals surface area contributed by atoms with Gasteiger partial charge in [0.1, 0.15) is 0 Å². The number of aryl methyl sites for hydroxylation is 2. The lowest BCUT2D eigenvalue weighted by Gasteiger charge is -2.14. The molecule has 0 fully saturated rings. The van der Waals surface area contributed by atoms with Crippen molar-refractivity contribution in [2.24, 2.45) is 0 Å². The number of thiophene rings is 2. The zero-order valence-corrected chi connectivity index (χ0v) is 22.2. The second-order valence-corrected chi connectivity index (χ2v) is 10.5. The lowest BCUT2D eigenvalue weighted by atomic mass is 9.96. The highest BCUT2D eigenvalue weighted by Crippen LogP contribution is 2.39. The Morgan fingerprint density at radius 1 is 0.676 bits per heavy atom. The molecule has 0 bridgehead atoms. The first kappa shape index (κ1) is 26.2. The Bertz CT molecular complexity index is 1020. The van der Waals surface area contributed by atoms with Gasteiger partial charge in [0, 0.05) is 30.6 Å². The zero-order valence-electron chi connectivity index (χ0n) is 20.6. The second-order valence-electron chi connectivity index (χ2n) is 8.12. The number of rotatable bonds is 12. The van der Waals surface area contributed by atoms with E-state index < -0.39 is 0 Å². The maximum atomic E-state index is 13.0. The van der Waals surface area contributed by atoms with Crippen molar-refractivity contribution in [2.45, 2.75) is 66.2 Å². The van der Waals surface area contributed by atoms with Crippen LogP contribution in [0.25, 0.3) is 20.9 Å². The molecule has 0 saturated heterocycles. The van der Waals surface area contributed by atoms with E-state index in [1.165, 1.54) is 9.75 Å². The van der Waals surface area contributed by atoms with Crippen LogP contribution in [0, 0.1) is 0 Å². The zero-order chi connectivity index (χ0) is 24.5. The van der Waals surface area contributed by atoms with Gasteiger partial charge in [-0.25, -0.2) is 9.59 Å². The van der Waals surface area contributed by atoms with Gasteiger partial charge >= 0.3 is 11.9 Å². The molecule has 0 N–H and O–H groups in total. The fourth-order valence-corrected chi connectivity index (χ4v) is 5.94. The molecule has 0 atom stereocenters. The van der Waals surface area contributed by atoms with E-state index in [-0.39, 0.29) is 11.9 Å². The number of carbonyl (C=O) groups excluding carboxylic acids is 2. The van der Waals surface area contributed by atoms with Gasteiger partial charge < -0.3 is 9.47 Å². The number of hydrogen-bond donors (Lipinski definition) is 0. The molecule has 0 spiro atoms. The first-order valence-electron chi connectivity index (χ1n) is 12.2.